The molecule has 0 fully saturated rings. The van der Waals surface area contributed by atoms with Crippen molar-refractivity contribution in [3.63, 3.8) is 0 Å². The quantitative estimate of drug-likeness (QED) is 0.658. The van der Waals surface area contributed by atoms with E-state index in [0.717, 1.165) is 17.3 Å². The summed E-state index contributed by atoms with van der Waals surface area (Å²) < 4.78 is 25.9. The lowest BCUT2D eigenvalue weighted by Gasteiger charge is -2.16. The molecule has 0 spiro atoms. The Bertz CT molecular complexity index is 555. The van der Waals surface area contributed by atoms with Gasteiger partial charge in [0.2, 0.25) is 0 Å². The van der Waals surface area contributed by atoms with Gasteiger partial charge in [0.15, 0.2) is 0 Å². The van der Waals surface area contributed by atoms with Gasteiger partial charge < -0.3 is 0 Å². The SMILES string of the molecule is Cc1cc(F)ccc1CC(NN)c1ccc(F)cn1. The van der Waals surface area contributed by atoms with Crippen molar-refractivity contribution in [1.82, 2.24) is 10.4 Å². The highest BCUT2D eigenvalue weighted by atomic mass is 19.1. The van der Waals surface area contributed by atoms with Crippen LogP contribution in [0.25, 0.3) is 0 Å². The predicted molar refractivity (Wildman–Crippen MR) is 69.1 cm³/mol. The van der Waals surface area contributed by atoms with Crippen molar-refractivity contribution in [3.05, 3.63) is 65.0 Å². The molecule has 0 saturated carbocycles. The van der Waals surface area contributed by atoms with Crippen molar-refractivity contribution in [2.45, 2.75) is 19.4 Å². The molecule has 0 amide bonds. The topological polar surface area (TPSA) is 50.9 Å². The van der Waals surface area contributed by atoms with Crippen LogP contribution in [0.15, 0.2) is 36.5 Å². The van der Waals surface area contributed by atoms with Gasteiger partial charge in [0.05, 0.1) is 17.9 Å². The Balaban J connectivity index is 2.21. The Morgan fingerprint density at radius 2 is 1.95 bits per heavy atom. The minimum Gasteiger partial charge on any atom is -0.271 e. The fourth-order valence-corrected chi connectivity index (χ4v) is 1.95. The molecule has 0 aliphatic heterocycles. The summed E-state index contributed by atoms with van der Waals surface area (Å²) in [4.78, 5) is 4.00. The van der Waals surface area contributed by atoms with Gasteiger partial charge in [0.1, 0.15) is 11.6 Å². The standard InChI is InChI=1S/C14H15F2N3/c1-9-6-11(15)3-2-10(9)7-14(19-17)13-5-4-12(16)8-18-13/h2-6,8,14,19H,7,17H2,1H3. The molecule has 0 saturated heterocycles. The van der Waals surface area contributed by atoms with Crippen LogP contribution in [0.3, 0.4) is 0 Å². The van der Waals surface area contributed by atoms with Gasteiger partial charge in [-0.3, -0.25) is 16.3 Å². The molecule has 3 nitrogen and oxygen atoms in total. The molecule has 5 heteroatoms. The van der Waals surface area contributed by atoms with Crippen LogP contribution in [0.4, 0.5) is 8.78 Å². The third-order valence-corrected chi connectivity index (χ3v) is 3.04. The van der Waals surface area contributed by atoms with Crippen molar-refractivity contribution in [1.29, 1.82) is 0 Å². The van der Waals surface area contributed by atoms with Crippen molar-refractivity contribution < 1.29 is 8.78 Å². The van der Waals surface area contributed by atoms with E-state index in [-0.39, 0.29) is 11.9 Å². The maximum Gasteiger partial charge on any atom is 0.141 e. The average Bonchev–Trinajstić information content (AvgIpc) is 2.39. The first-order chi connectivity index (χ1) is 9.10. The van der Waals surface area contributed by atoms with Crippen LogP contribution in [0, 0.1) is 18.6 Å². The van der Waals surface area contributed by atoms with E-state index >= 15 is 0 Å². The van der Waals surface area contributed by atoms with E-state index in [2.05, 4.69) is 10.4 Å². The number of pyridine rings is 1. The molecule has 1 unspecified atom stereocenters. The van der Waals surface area contributed by atoms with Crippen LogP contribution in [-0.2, 0) is 6.42 Å². The number of hydrogen-bond donors (Lipinski definition) is 2. The number of aromatic nitrogens is 1. The molecule has 1 aromatic heterocycles. The summed E-state index contributed by atoms with van der Waals surface area (Å²) in [5.41, 5.74) is 5.11. The van der Waals surface area contributed by atoms with Gasteiger partial charge >= 0.3 is 0 Å². The maximum atomic E-state index is 13.0. The molecular weight excluding hydrogens is 248 g/mol. The van der Waals surface area contributed by atoms with Gasteiger partial charge in [-0.2, -0.15) is 0 Å². The molecule has 0 aliphatic rings. The number of hydrogen-bond acceptors (Lipinski definition) is 3. The smallest absolute Gasteiger partial charge is 0.141 e. The first-order valence-corrected chi connectivity index (χ1v) is 5.92. The number of benzene rings is 1. The van der Waals surface area contributed by atoms with Crippen molar-refractivity contribution in [2.24, 2.45) is 5.84 Å². The zero-order valence-corrected chi connectivity index (χ0v) is 10.5. The molecule has 1 aromatic carbocycles. The minimum absolute atomic E-state index is 0.246. The average molecular weight is 263 g/mol. The fraction of sp³-hybridized carbons (Fsp3) is 0.214. The monoisotopic (exact) mass is 263 g/mol. The van der Waals surface area contributed by atoms with Crippen molar-refractivity contribution >= 4 is 0 Å². The zero-order valence-electron chi connectivity index (χ0n) is 10.5. The highest BCUT2D eigenvalue weighted by Crippen LogP contribution is 2.19. The van der Waals surface area contributed by atoms with Crippen LogP contribution in [0.1, 0.15) is 22.9 Å². The first-order valence-electron chi connectivity index (χ1n) is 5.92. The Hall–Kier alpha value is -1.85. The summed E-state index contributed by atoms with van der Waals surface area (Å²) in [7, 11) is 0. The molecule has 19 heavy (non-hydrogen) atoms. The molecule has 0 radical (unpaired) electrons. The molecule has 100 valence electrons. The number of halogens is 2. The summed E-state index contributed by atoms with van der Waals surface area (Å²) in [5.74, 6) is 4.86. The van der Waals surface area contributed by atoms with E-state index in [1.54, 1.807) is 12.1 Å². The molecule has 1 heterocycles. The van der Waals surface area contributed by atoms with Crippen LogP contribution >= 0.6 is 0 Å². The van der Waals surface area contributed by atoms with E-state index in [1.165, 1.54) is 18.2 Å². The summed E-state index contributed by atoms with van der Waals surface area (Å²) >= 11 is 0. The van der Waals surface area contributed by atoms with Crippen molar-refractivity contribution in [3.8, 4) is 0 Å². The van der Waals surface area contributed by atoms with Gasteiger partial charge in [0, 0.05) is 0 Å². The van der Waals surface area contributed by atoms with Gasteiger partial charge in [-0.15, -0.1) is 0 Å². The van der Waals surface area contributed by atoms with Gasteiger partial charge in [0.25, 0.3) is 0 Å². The Labute approximate surface area is 110 Å². The number of aryl methyl sites for hydroxylation is 1. The summed E-state index contributed by atoms with van der Waals surface area (Å²) in [6.07, 6.45) is 1.71. The van der Waals surface area contributed by atoms with Crippen molar-refractivity contribution in [2.75, 3.05) is 0 Å². The normalized spacial score (nSPS) is 12.4. The highest BCUT2D eigenvalue weighted by molar-refractivity contribution is 5.28. The molecule has 0 bridgehead atoms. The van der Waals surface area contributed by atoms with E-state index in [4.69, 9.17) is 5.84 Å². The van der Waals surface area contributed by atoms with E-state index < -0.39 is 5.82 Å². The fourth-order valence-electron chi connectivity index (χ4n) is 1.95. The van der Waals surface area contributed by atoms with E-state index in [9.17, 15) is 8.78 Å². The molecule has 0 aliphatic carbocycles. The largest absolute Gasteiger partial charge is 0.271 e. The summed E-state index contributed by atoms with van der Waals surface area (Å²) in [6, 6.07) is 7.28. The van der Waals surface area contributed by atoms with Gasteiger partial charge in [-0.05, 0) is 48.7 Å². The maximum absolute atomic E-state index is 13.0. The number of nitrogens with zero attached hydrogens (tertiary/aromatic N) is 1. The second-order valence-corrected chi connectivity index (χ2v) is 4.40. The molecule has 1 atom stereocenters. The molecule has 2 aromatic rings. The zero-order chi connectivity index (χ0) is 13.8. The second kappa shape index (κ2) is 5.86. The third kappa shape index (κ3) is 3.33. The number of rotatable bonds is 4. The summed E-state index contributed by atoms with van der Waals surface area (Å²) in [6.45, 7) is 1.84. The highest BCUT2D eigenvalue weighted by Gasteiger charge is 2.13. The van der Waals surface area contributed by atoms with Crippen LogP contribution in [0.2, 0.25) is 0 Å². The Kier molecular flexibility index (Phi) is 4.19. The Morgan fingerprint density at radius 3 is 2.53 bits per heavy atom. The van der Waals surface area contributed by atoms with Crippen LogP contribution in [0.5, 0.6) is 0 Å². The number of nitrogens with one attached hydrogen (secondary N) is 1. The van der Waals surface area contributed by atoms with E-state index in [0.29, 0.717) is 12.1 Å². The van der Waals surface area contributed by atoms with Crippen LogP contribution < -0.4 is 11.3 Å². The minimum atomic E-state index is -0.391. The summed E-state index contributed by atoms with van der Waals surface area (Å²) in [5, 5.41) is 0. The Morgan fingerprint density at radius 1 is 1.21 bits per heavy atom. The lowest BCUT2D eigenvalue weighted by molar-refractivity contribution is 0.531. The number of nitrogens with two attached hydrogens (primary N) is 1. The molecule has 3 N–H and O–H groups in total. The first kappa shape index (κ1) is 13.6. The lowest BCUT2D eigenvalue weighted by Crippen LogP contribution is -2.30. The second-order valence-electron chi connectivity index (χ2n) is 4.40. The van der Waals surface area contributed by atoms with Crippen LogP contribution in [-0.4, -0.2) is 4.98 Å². The van der Waals surface area contributed by atoms with Gasteiger partial charge in [-0.25, -0.2) is 8.78 Å². The number of hydrazine groups is 1. The molecular formula is C14H15F2N3. The lowest BCUT2D eigenvalue weighted by atomic mass is 9.99. The molecule has 2 rings (SSSR count). The third-order valence-electron chi connectivity index (χ3n) is 3.04. The van der Waals surface area contributed by atoms with E-state index in [1.807, 2.05) is 6.92 Å². The van der Waals surface area contributed by atoms with Gasteiger partial charge in [-0.1, -0.05) is 6.07 Å². The predicted octanol–water partition coefficient (Wildman–Crippen LogP) is 2.42.